The van der Waals surface area contributed by atoms with Crippen LogP contribution in [0.25, 0.3) is 5.57 Å². The smallest absolute Gasteiger partial charge is 0.164 e. The predicted molar refractivity (Wildman–Crippen MR) is 151 cm³/mol. The van der Waals surface area contributed by atoms with E-state index >= 15 is 0 Å². The summed E-state index contributed by atoms with van der Waals surface area (Å²) in [6.07, 6.45) is 12.3. The Balaban J connectivity index is 1.36. The fraction of sp³-hybridized carbons (Fsp3) is 0.375. The fourth-order valence-corrected chi connectivity index (χ4v) is 5.55. The van der Waals surface area contributed by atoms with E-state index in [9.17, 15) is 4.79 Å². The van der Waals surface area contributed by atoms with Gasteiger partial charge >= 0.3 is 0 Å². The largest absolute Gasteiger partial charge is 0.372 e. The van der Waals surface area contributed by atoms with Crippen molar-refractivity contribution in [3.63, 3.8) is 0 Å². The van der Waals surface area contributed by atoms with E-state index in [1.165, 1.54) is 30.5 Å². The zero-order valence-corrected chi connectivity index (χ0v) is 21.5. The summed E-state index contributed by atoms with van der Waals surface area (Å²) in [6.45, 7) is 6.82. The lowest BCUT2D eigenvalue weighted by Crippen LogP contribution is -2.24. The van der Waals surface area contributed by atoms with Gasteiger partial charge in [0.15, 0.2) is 5.78 Å². The fourth-order valence-electron chi connectivity index (χ4n) is 5.55. The van der Waals surface area contributed by atoms with Gasteiger partial charge in [0, 0.05) is 49.1 Å². The molecule has 1 fully saturated rings. The Labute approximate surface area is 215 Å². The Kier molecular flexibility index (Phi) is 7.50. The number of benzene rings is 2. The molecule has 0 aromatic heterocycles. The van der Waals surface area contributed by atoms with E-state index in [0.717, 1.165) is 60.1 Å². The van der Waals surface area contributed by atoms with E-state index in [0.29, 0.717) is 6.42 Å². The van der Waals surface area contributed by atoms with Crippen LogP contribution in [0.3, 0.4) is 0 Å². The molecule has 36 heavy (non-hydrogen) atoms. The molecule has 2 aromatic carbocycles. The normalized spacial score (nSPS) is 22.7. The van der Waals surface area contributed by atoms with Crippen molar-refractivity contribution in [1.82, 2.24) is 0 Å². The number of amidine groups is 1. The van der Waals surface area contributed by atoms with Crippen LogP contribution in [-0.2, 0) is 4.79 Å². The van der Waals surface area contributed by atoms with Crippen molar-refractivity contribution in [2.75, 3.05) is 23.3 Å². The third-order valence-electron chi connectivity index (χ3n) is 7.80. The van der Waals surface area contributed by atoms with Gasteiger partial charge in [-0.05, 0) is 84.6 Å². The molecule has 186 valence electrons. The van der Waals surface area contributed by atoms with Crippen molar-refractivity contribution in [2.45, 2.75) is 52.4 Å². The van der Waals surface area contributed by atoms with E-state index in [1.54, 1.807) is 0 Å². The molecule has 5 rings (SSSR count). The number of anilines is 2. The van der Waals surface area contributed by atoms with Gasteiger partial charge in [0.2, 0.25) is 0 Å². The molecule has 3 aliphatic rings. The van der Waals surface area contributed by atoms with Crippen LogP contribution < -0.4 is 10.2 Å². The second kappa shape index (κ2) is 11.1. The Morgan fingerprint density at radius 1 is 1.03 bits per heavy atom. The number of nitrogens with zero attached hydrogens (tertiary/aromatic N) is 2. The number of Topliss-reactive ketones (excluding diaryl/α,β-unsaturated/α-hetero) is 1. The van der Waals surface area contributed by atoms with Crippen LogP contribution in [0.1, 0.15) is 57.9 Å². The maximum atomic E-state index is 13.1. The molecule has 1 N–H and O–H groups in total. The van der Waals surface area contributed by atoms with Gasteiger partial charge in [0.1, 0.15) is 5.84 Å². The summed E-state index contributed by atoms with van der Waals surface area (Å²) in [5.41, 5.74) is 6.41. The molecule has 2 aliphatic heterocycles. The van der Waals surface area contributed by atoms with Crippen molar-refractivity contribution >= 4 is 28.6 Å². The van der Waals surface area contributed by atoms with Crippen LogP contribution in [0.5, 0.6) is 0 Å². The lowest BCUT2D eigenvalue weighted by molar-refractivity contribution is -0.114. The number of aliphatic imine (C=N–C) groups is 1. The van der Waals surface area contributed by atoms with Gasteiger partial charge in [-0.25, -0.2) is 4.99 Å². The van der Waals surface area contributed by atoms with Crippen molar-refractivity contribution in [1.29, 1.82) is 0 Å². The molecule has 4 nitrogen and oxygen atoms in total. The predicted octanol–water partition coefficient (Wildman–Crippen LogP) is 7.42. The molecule has 0 amide bonds. The lowest BCUT2D eigenvalue weighted by atomic mass is 9.88. The molecule has 2 aromatic rings. The maximum Gasteiger partial charge on any atom is 0.164 e. The summed E-state index contributed by atoms with van der Waals surface area (Å²) in [5, 5.41) is 3.53. The van der Waals surface area contributed by atoms with Gasteiger partial charge in [-0.2, -0.15) is 0 Å². The summed E-state index contributed by atoms with van der Waals surface area (Å²) < 4.78 is 0. The molecule has 0 saturated carbocycles. The molecular formula is C32H37N3O. The third kappa shape index (κ3) is 5.53. The molecule has 1 aliphatic carbocycles. The zero-order valence-electron chi connectivity index (χ0n) is 21.5. The minimum atomic E-state index is 0.212. The second-order valence-electron chi connectivity index (χ2n) is 10.4. The second-order valence-corrected chi connectivity index (χ2v) is 10.4. The highest BCUT2D eigenvalue weighted by Gasteiger charge is 2.27. The molecule has 2 atom stereocenters. The van der Waals surface area contributed by atoms with Crippen LogP contribution >= 0.6 is 0 Å². The van der Waals surface area contributed by atoms with E-state index < -0.39 is 0 Å². The first-order valence-electron chi connectivity index (χ1n) is 13.5. The summed E-state index contributed by atoms with van der Waals surface area (Å²) >= 11 is 0. The van der Waals surface area contributed by atoms with Crippen molar-refractivity contribution in [3.05, 3.63) is 89.7 Å². The van der Waals surface area contributed by atoms with E-state index in [4.69, 9.17) is 4.99 Å². The van der Waals surface area contributed by atoms with Gasteiger partial charge in [-0.15, -0.1) is 0 Å². The Bertz CT molecular complexity index is 1200. The molecule has 0 spiro atoms. The van der Waals surface area contributed by atoms with E-state index in [1.807, 2.05) is 42.6 Å². The van der Waals surface area contributed by atoms with Crippen LogP contribution in [-0.4, -0.2) is 24.7 Å². The van der Waals surface area contributed by atoms with Crippen molar-refractivity contribution in [3.8, 4) is 0 Å². The maximum absolute atomic E-state index is 13.1. The standard InChI is InChI=1S/C32H37N3O/c1-3-24-21-31(36)30(25-9-5-4-6-10-25)20-26-22-33-32(16-15-29(24)26)34-27-11-13-28(14-12-27)35-18-7-8-23(2)17-19-35/h4-6,9-15,20,22-24H,3,7-8,16-19,21H2,1-2H3,(H,33,34). The Morgan fingerprint density at radius 3 is 2.61 bits per heavy atom. The number of ketones is 1. The third-order valence-corrected chi connectivity index (χ3v) is 7.80. The highest BCUT2D eigenvalue weighted by molar-refractivity contribution is 6.22. The zero-order chi connectivity index (χ0) is 24.9. The molecule has 1 saturated heterocycles. The van der Waals surface area contributed by atoms with Crippen LogP contribution in [0.4, 0.5) is 11.4 Å². The molecule has 2 heterocycles. The summed E-state index contributed by atoms with van der Waals surface area (Å²) in [6, 6.07) is 18.8. The summed E-state index contributed by atoms with van der Waals surface area (Å²) in [5.74, 6) is 2.18. The number of hydrogen-bond donors (Lipinski definition) is 1. The quantitative estimate of drug-likeness (QED) is 0.496. The number of fused-ring (bicyclic) bond motifs is 1. The topological polar surface area (TPSA) is 44.7 Å². The average molecular weight is 480 g/mol. The van der Waals surface area contributed by atoms with Crippen molar-refractivity contribution in [2.24, 2.45) is 16.8 Å². The first-order chi connectivity index (χ1) is 17.6. The van der Waals surface area contributed by atoms with E-state index in [2.05, 4.69) is 54.4 Å². The van der Waals surface area contributed by atoms with Gasteiger partial charge in [-0.1, -0.05) is 50.3 Å². The van der Waals surface area contributed by atoms with Gasteiger partial charge < -0.3 is 10.2 Å². The molecule has 0 bridgehead atoms. The summed E-state index contributed by atoms with van der Waals surface area (Å²) in [7, 11) is 0. The van der Waals surface area contributed by atoms with Gasteiger partial charge in [0.25, 0.3) is 0 Å². The minimum absolute atomic E-state index is 0.212. The number of hydrogen-bond acceptors (Lipinski definition) is 4. The highest BCUT2D eigenvalue weighted by atomic mass is 16.1. The molecule has 0 radical (unpaired) electrons. The first-order valence-corrected chi connectivity index (χ1v) is 13.5. The molecular weight excluding hydrogens is 442 g/mol. The number of rotatable bonds is 4. The van der Waals surface area contributed by atoms with Crippen LogP contribution in [0.15, 0.2) is 89.1 Å². The average Bonchev–Trinajstić information content (AvgIpc) is 3.30. The monoisotopic (exact) mass is 479 g/mol. The minimum Gasteiger partial charge on any atom is -0.372 e. The van der Waals surface area contributed by atoms with Crippen LogP contribution in [0, 0.1) is 11.8 Å². The SMILES string of the molecule is CCC1CC(=O)C(c2ccccc2)=CC2=CN=C(Nc3ccc(N4CCCC(C)CC4)cc3)CC=C21. The Morgan fingerprint density at radius 2 is 1.83 bits per heavy atom. The van der Waals surface area contributed by atoms with E-state index in [-0.39, 0.29) is 11.7 Å². The highest BCUT2D eigenvalue weighted by Crippen LogP contribution is 2.36. The molecule has 2 unspecified atom stereocenters. The number of allylic oxidation sites excluding steroid dienone is 4. The van der Waals surface area contributed by atoms with Gasteiger partial charge in [0.05, 0.1) is 0 Å². The molecule has 4 heteroatoms. The number of carbonyl (C=O) groups is 1. The summed E-state index contributed by atoms with van der Waals surface area (Å²) in [4.78, 5) is 20.5. The Hall–Kier alpha value is -3.40. The lowest BCUT2D eigenvalue weighted by Gasteiger charge is -2.23. The van der Waals surface area contributed by atoms with Crippen LogP contribution in [0.2, 0.25) is 0 Å². The van der Waals surface area contributed by atoms with Crippen molar-refractivity contribution < 1.29 is 4.79 Å². The van der Waals surface area contributed by atoms with Gasteiger partial charge in [-0.3, -0.25) is 4.79 Å². The first kappa shape index (κ1) is 24.3. The number of carbonyl (C=O) groups excluding carboxylic acids is 1. The number of nitrogens with one attached hydrogen (secondary N) is 1.